The number of sulfonamides is 1. The van der Waals surface area contributed by atoms with E-state index in [2.05, 4.69) is 5.32 Å². The summed E-state index contributed by atoms with van der Waals surface area (Å²) in [6, 6.07) is 9.55. The van der Waals surface area contributed by atoms with E-state index >= 15 is 0 Å². The molecule has 1 atom stereocenters. The fraction of sp³-hybridized carbons (Fsp3) is 0.462. The monoisotopic (exact) mass is 521 g/mol. The van der Waals surface area contributed by atoms with Gasteiger partial charge in [-0.25, -0.2) is 17.2 Å². The fourth-order valence-corrected chi connectivity index (χ4v) is 5.32. The number of amides is 2. The maximum atomic E-state index is 13.6. The molecule has 0 aromatic heterocycles. The van der Waals surface area contributed by atoms with Crippen molar-refractivity contribution in [3.05, 3.63) is 65.7 Å². The number of nitrogens with zero attached hydrogens (tertiary/aromatic N) is 2. The Hall–Kier alpha value is -3.01. The van der Waals surface area contributed by atoms with Crippen molar-refractivity contribution in [3.63, 3.8) is 0 Å². The van der Waals surface area contributed by atoms with E-state index in [0.717, 1.165) is 54.8 Å². The van der Waals surface area contributed by atoms with E-state index in [1.807, 2.05) is 0 Å². The van der Waals surface area contributed by atoms with Gasteiger partial charge in [0.05, 0.1) is 11.9 Å². The molecule has 1 aliphatic rings. The summed E-state index contributed by atoms with van der Waals surface area (Å²) in [5.41, 5.74) is 0.732. The normalized spacial score (nSPS) is 15.2. The number of halogens is 2. The van der Waals surface area contributed by atoms with Gasteiger partial charge in [-0.2, -0.15) is 0 Å². The van der Waals surface area contributed by atoms with Crippen LogP contribution in [0.1, 0.15) is 51.0 Å². The van der Waals surface area contributed by atoms with Crippen molar-refractivity contribution in [2.24, 2.45) is 0 Å². The molecule has 2 aromatic carbocycles. The first-order valence-electron chi connectivity index (χ1n) is 12.2. The molecule has 0 bridgehead atoms. The van der Waals surface area contributed by atoms with Crippen LogP contribution in [0.2, 0.25) is 0 Å². The summed E-state index contributed by atoms with van der Waals surface area (Å²) in [4.78, 5) is 28.2. The number of nitrogens with one attached hydrogen (secondary N) is 1. The van der Waals surface area contributed by atoms with Crippen molar-refractivity contribution in [2.75, 3.05) is 17.1 Å². The molecule has 0 aliphatic heterocycles. The molecule has 0 saturated heterocycles. The number of hydrogen-bond donors (Lipinski definition) is 1. The molecule has 196 valence electrons. The summed E-state index contributed by atoms with van der Waals surface area (Å²) in [6.45, 7) is 1.21. The average Bonchev–Trinajstić information content (AvgIpc) is 2.84. The summed E-state index contributed by atoms with van der Waals surface area (Å²) in [7, 11) is -3.90. The first-order chi connectivity index (χ1) is 17.1. The maximum Gasteiger partial charge on any atom is 0.244 e. The van der Waals surface area contributed by atoms with Gasteiger partial charge in [-0.3, -0.25) is 13.9 Å². The molecule has 36 heavy (non-hydrogen) atoms. The van der Waals surface area contributed by atoms with Crippen LogP contribution in [0.4, 0.5) is 14.5 Å². The second-order valence-corrected chi connectivity index (χ2v) is 11.1. The zero-order chi connectivity index (χ0) is 26.3. The first-order valence-corrected chi connectivity index (χ1v) is 14.0. The minimum absolute atomic E-state index is 0.00325. The molecule has 2 amide bonds. The van der Waals surface area contributed by atoms with Crippen LogP contribution in [-0.4, -0.2) is 50.0 Å². The average molecular weight is 522 g/mol. The van der Waals surface area contributed by atoms with Crippen LogP contribution < -0.4 is 9.62 Å². The van der Waals surface area contributed by atoms with Gasteiger partial charge < -0.3 is 10.2 Å². The molecule has 10 heteroatoms. The number of hydrogen-bond acceptors (Lipinski definition) is 4. The predicted molar refractivity (Wildman–Crippen MR) is 135 cm³/mol. The van der Waals surface area contributed by atoms with Gasteiger partial charge in [0.1, 0.15) is 24.2 Å². The molecule has 0 unspecified atom stereocenters. The third-order valence-electron chi connectivity index (χ3n) is 6.40. The smallest absolute Gasteiger partial charge is 0.244 e. The van der Waals surface area contributed by atoms with E-state index in [9.17, 15) is 26.8 Å². The van der Waals surface area contributed by atoms with Crippen LogP contribution in [-0.2, 0) is 26.2 Å². The van der Waals surface area contributed by atoms with Crippen LogP contribution in [0.15, 0.2) is 48.5 Å². The Bertz CT molecular complexity index is 1130. The molecule has 7 nitrogen and oxygen atoms in total. The molecule has 1 N–H and O–H groups in total. The lowest BCUT2D eigenvalue weighted by Crippen LogP contribution is -2.53. The Morgan fingerprint density at radius 2 is 1.53 bits per heavy atom. The van der Waals surface area contributed by atoms with Crippen molar-refractivity contribution in [3.8, 4) is 0 Å². The molecule has 2 aromatic rings. The summed E-state index contributed by atoms with van der Waals surface area (Å²) < 4.78 is 52.9. The van der Waals surface area contributed by atoms with Crippen LogP contribution in [0.5, 0.6) is 0 Å². The van der Waals surface area contributed by atoms with Crippen LogP contribution in [0, 0.1) is 11.6 Å². The highest BCUT2D eigenvalue weighted by molar-refractivity contribution is 7.92. The van der Waals surface area contributed by atoms with Crippen LogP contribution in [0.3, 0.4) is 0 Å². The topological polar surface area (TPSA) is 86.8 Å². The minimum Gasteiger partial charge on any atom is -0.352 e. The Kier molecular flexibility index (Phi) is 9.42. The highest BCUT2D eigenvalue weighted by Gasteiger charge is 2.32. The largest absolute Gasteiger partial charge is 0.352 e. The second-order valence-electron chi connectivity index (χ2n) is 9.16. The van der Waals surface area contributed by atoms with E-state index in [4.69, 9.17) is 0 Å². The Morgan fingerprint density at radius 1 is 0.972 bits per heavy atom. The van der Waals surface area contributed by atoms with E-state index in [1.54, 1.807) is 6.92 Å². The maximum absolute atomic E-state index is 13.6. The van der Waals surface area contributed by atoms with E-state index in [0.29, 0.717) is 12.0 Å². The first kappa shape index (κ1) is 27.6. The number of rotatable bonds is 10. The number of carbonyl (C=O) groups is 2. The molecular weight excluding hydrogens is 488 g/mol. The van der Waals surface area contributed by atoms with Crippen LogP contribution >= 0.6 is 0 Å². The lowest BCUT2D eigenvalue weighted by Gasteiger charge is -2.34. The van der Waals surface area contributed by atoms with Crippen molar-refractivity contribution < 1.29 is 26.8 Å². The van der Waals surface area contributed by atoms with Gasteiger partial charge in [0.2, 0.25) is 21.8 Å². The van der Waals surface area contributed by atoms with E-state index < -0.39 is 40.2 Å². The Balaban J connectivity index is 1.89. The summed E-state index contributed by atoms with van der Waals surface area (Å²) in [6.07, 6.45) is 6.20. The van der Waals surface area contributed by atoms with E-state index in [1.165, 1.54) is 41.3 Å². The second kappa shape index (κ2) is 12.3. The standard InChI is InChI=1S/C26H33F2N3O4S/c1-3-24(26(33)29-22-7-5-4-6-8-22)30(17-19-9-11-20(27)12-10-19)25(32)18-31(36(2,34)35)23-15-13-21(28)14-16-23/h9-16,22,24H,3-8,17-18H2,1-2H3,(H,29,33)/t24-/m0/s1. The number of benzene rings is 2. The van der Waals surface area contributed by atoms with Gasteiger partial charge >= 0.3 is 0 Å². The molecule has 3 rings (SSSR count). The molecule has 1 fully saturated rings. The van der Waals surface area contributed by atoms with Crippen molar-refractivity contribution in [1.29, 1.82) is 0 Å². The van der Waals surface area contributed by atoms with Gasteiger partial charge in [0.15, 0.2) is 0 Å². The lowest BCUT2D eigenvalue weighted by molar-refractivity contribution is -0.140. The highest BCUT2D eigenvalue weighted by atomic mass is 32.2. The molecule has 0 heterocycles. The van der Waals surface area contributed by atoms with Gasteiger partial charge in [0, 0.05) is 12.6 Å². The van der Waals surface area contributed by atoms with Crippen molar-refractivity contribution in [1.82, 2.24) is 10.2 Å². The molecule has 0 spiro atoms. The highest BCUT2D eigenvalue weighted by Crippen LogP contribution is 2.21. The third-order valence-corrected chi connectivity index (χ3v) is 7.54. The predicted octanol–water partition coefficient (Wildman–Crippen LogP) is 3.99. The Morgan fingerprint density at radius 3 is 2.06 bits per heavy atom. The zero-order valence-electron chi connectivity index (χ0n) is 20.6. The quantitative estimate of drug-likeness (QED) is 0.512. The third kappa shape index (κ3) is 7.49. The fourth-order valence-electron chi connectivity index (χ4n) is 4.47. The van der Waals surface area contributed by atoms with E-state index in [-0.39, 0.29) is 24.2 Å². The van der Waals surface area contributed by atoms with Gasteiger partial charge in [-0.1, -0.05) is 38.3 Å². The Labute approximate surface area is 211 Å². The molecular formula is C26H33F2N3O4S. The van der Waals surface area contributed by atoms with Crippen LogP contribution in [0.25, 0.3) is 0 Å². The number of anilines is 1. The minimum atomic E-state index is -3.90. The van der Waals surface area contributed by atoms with Gasteiger partial charge in [-0.15, -0.1) is 0 Å². The summed E-state index contributed by atoms with van der Waals surface area (Å²) in [5.74, 6) is -1.87. The molecule has 0 radical (unpaired) electrons. The van der Waals surface area contributed by atoms with Gasteiger partial charge in [0.25, 0.3) is 0 Å². The molecule has 1 saturated carbocycles. The van der Waals surface area contributed by atoms with Crippen molar-refractivity contribution in [2.45, 2.75) is 64.1 Å². The van der Waals surface area contributed by atoms with Gasteiger partial charge in [-0.05, 0) is 61.2 Å². The zero-order valence-corrected chi connectivity index (χ0v) is 21.4. The number of carbonyl (C=O) groups excluding carboxylic acids is 2. The summed E-state index contributed by atoms with van der Waals surface area (Å²) >= 11 is 0. The molecule has 1 aliphatic carbocycles. The van der Waals surface area contributed by atoms with Crippen molar-refractivity contribution >= 4 is 27.5 Å². The summed E-state index contributed by atoms with van der Waals surface area (Å²) in [5, 5.41) is 3.06. The lowest BCUT2D eigenvalue weighted by atomic mass is 9.95. The SMILES string of the molecule is CC[C@@H](C(=O)NC1CCCCC1)N(Cc1ccc(F)cc1)C(=O)CN(c1ccc(F)cc1)S(C)(=O)=O.